The van der Waals surface area contributed by atoms with E-state index in [1.165, 1.54) is 6.07 Å². The highest BCUT2D eigenvalue weighted by molar-refractivity contribution is 5.61. The van der Waals surface area contributed by atoms with Crippen molar-refractivity contribution in [2.45, 2.75) is 6.42 Å². The van der Waals surface area contributed by atoms with Crippen molar-refractivity contribution in [3.8, 4) is 0 Å². The molecule has 0 bridgehead atoms. The molecule has 0 aromatic heterocycles. The van der Waals surface area contributed by atoms with Crippen LogP contribution in [0, 0.1) is 16.0 Å². The smallest absolute Gasteiger partial charge is 0.292 e. The van der Waals surface area contributed by atoms with Crippen molar-refractivity contribution in [3.63, 3.8) is 0 Å². The largest absolute Gasteiger partial charge is 0.379 e. The molecule has 1 aromatic carbocycles. The molecule has 92 valence electrons. The second-order valence-corrected chi connectivity index (χ2v) is 4.57. The molecule has 1 atom stereocenters. The third kappa shape index (κ3) is 2.94. The summed E-state index contributed by atoms with van der Waals surface area (Å²) in [6, 6.07) is 6.79. The van der Waals surface area contributed by atoms with Gasteiger partial charge in [-0.05, 0) is 32.0 Å². The molecule has 0 saturated carbocycles. The summed E-state index contributed by atoms with van der Waals surface area (Å²) < 4.78 is 0. The molecule has 0 aliphatic carbocycles. The van der Waals surface area contributed by atoms with Gasteiger partial charge in [0, 0.05) is 19.2 Å². The molecule has 5 nitrogen and oxygen atoms in total. The van der Waals surface area contributed by atoms with Crippen LogP contribution in [-0.2, 0) is 0 Å². The van der Waals surface area contributed by atoms with Crippen LogP contribution in [0.25, 0.3) is 0 Å². The molecule has 1 unspecified atom stereocenters. The maximum Gasteiger partial charge on any atom is 0.292 e. The van der Waals surface area contributed by atoms with Gasteiger partial charge in [-0.15, -0.1) is 0 Å². The second-order valence-electron chi connectivity index (χ2n) is 4.57. The van der Waals surface area contributed by atoms with Crippen LogP contribution in [0.3, 0.4) is 0 Å². The molecule has 0 amide bonds. The van der Waals surface area contributed by atoms with Crippen LogP contribution < -0.4 is 5.32 Å². The molecule has 1 aliphatic rings. The molecule has 1 heterocycles. The van der Waals surface area contributed by atoms with E-state index < -0.39 is 0 Å². The molecule has 17 heavy (non-hydrogen) atoms. The van der Waals surface area contributed by atoms with Gasteiger partial charge in [0.25, 0.3) is 5.69 Å². The highest BCUT2D eigenvalue weighted by Crippen LogP contribution is 2.24. The Morgan fingerprint density at radius 2 is 2.29 bits per heavy atom. The van der Waals surface area contributed by atoms with E-state index in [0.717, 1.165) is 26.1 Å². The summed E-state index contributed by atoms with van der Waals surface area (Å²) in [6.45, 7) is 2.98. The van der Waals surface area contributed by atoms with Gasteiger partial charge < -0.3 is 10.2 Å². The third-order valence-electron chi connectivity index (χ3n) is 3.17. The highest BCUT2D eigenvalue weighted by atomic mass is 16.6. The van der Waals surface area contributed by atoms with E-state index in [-0.39, 0.29) is 10.6 Å². The zero-order valence-electron chi connectivity index (χ0n) is 9.93. The number of nitrogens with zero attached hydrogens (tertiary/aromatic N) is 2. The molecule has 0 spiro atoms. The molecule has 1 aromatic rings. The Hall–Kier alpha value is -1.62. The van der Waals surface area contributed by atoms with Crippen molar-refractivity contribution >= 4 is 11.4 Å². The fourth-order valence-corrected chi connectivity index (χ4v) is 2.23. The van der Waals surface area contributed by atoms with Gasteiger partial charge in [-0.25, -0.2) is 0 Å². The summed E-state index contributed by atoms with van der Waals surface area (Å²) in [6.07, 6.45) is 1.16. The maximum atomic E-state index is 10.8. The van der Waals surface area contributed by atoms with Crippen molar-refractivity contribution in [1.29, 1.82) is 0 Å². The van der Waals surface area contributed by atoms with Crippen LogP contribution in [0.5, 0.6) is 0 Å². The topological polar surface area (TPSA) is 58.4 Å². The SMILES string of the molecule is CN1CCC(CNc2ccccc2[N+](=O)[O-])C1. The lowest BCUT2D eigenvalue weighted by Gasteiger charge is -2.12. The lowest BCUT2D eigenvalue weighted by molar-refractivity contribution is -0.384. The number of benzene rings is 1. The summed E-state index contributed by atoms with van der Waals surface area (Å²) in [5.74, 6) is 0.583. The number of hydrogen-bond donors (Lipinski definition) is 1. The first kappa shape index (κ1) is 11.9. The summed E-state index contributed by atoms with van der Waals surface area (Å²) in [4.78, 5) is 12.8. The van der Waals surface area contributed by atoms with Crippen molar-refractivity contribution < 1.29 is 4.92 Å². The number of rotatable bonds is 4. The number of nitro groups is 1. The Morgan fingerprint density at radius 3 is 2.94 bits per heavy atom. The van der Waals surface area contributed by atoms with E-state index in [2.05, 4.69) is 17.3 Å². The predicted molar refractivity (Wildman–Crippen MR) is 67.2 cm³/mol. The van der Waals surface area contributed by atoms with Crippen molar-refractivity contribution in [2.24, 2.45) is 5.92 Å². The third-order valence-corrected chi connectivity index (χ3v) is 3.17. The molecule has 2 rings (SSSR count). The van der Waals surface area contributed by atoms with Crippen LogP contribution >= 0.6 is 0 Å². The molecular weight excluding hydrogens is 218 g/mol. The standard InChI is InChI=1S/C12H17N3O2/c1-14-7-6-10(9-14)8-13-11-4-2-3-5-12(11)15(16)17/h2-5,10,13H,6-9H2,1H3. The average molecular weight is 235 g/mol. The number of nitro benzene ring substituents is 1. The Labute approximate surface area is 101 Å². The highest BCUT2D eigenvalue weighted by Gasteiger charge is 2.20. The normalized spacial score (nSPS) is 20.4. The second kappa shape index (κ2) is 5.14. The molecule has 1 saturated heterocycles. The summed E-state index contributed by atoms with van der Waals surface area (Å²) >= 11 is 0. The minimum absolute atomic E-state index is 0.152. The number of para-hydroxylation sites is 2. The Balaban J connectivity index is 1.97. The van der Waals surface area contributed by atoms with E-state index in [1.54, 1.807) is 12.1 Å². The number of nitrogens with one attached hydrogen (secondary N) is 1. The van der Waals surface area contributed by atoms with Crippen LogP contribution in [0.1, 0.15) is 6.42 Å². The van der Waals surface area contributed by atoms with Gasteiger partial charge in [-0.2, -0.15) is 0 Å². The minimum Gasteiger partial charge on any atom is -0.379 e. The van der Waals surface area contributed by atoms with Crippen LogP contribution in [0.4, 0.5) is 11.4 Å². The number of likely N-dealkylation sites (tertiary alicyclic amines) is 1. The zero-order valence-corrected chi connectivity index (χ0v) is 9.93. The number of anilines is 1. The molecule has 5 heteroatoms. The van der Waals surface area contributed by atoms with Crippen LogP contribution in [-0.4, -0.2) is 36.5 Å². The van der Waals surface area contributed by atoms with Gasteiger partial charge in [0.1, 0.15) is 5.69 Å². The van der Waals surface area contributed by atoms with Crippen molar-refractivity contribution in [1.82, 2.24) is 4.90 Å². The monoisotopic (exact) mass is 235 g/mol. The van der Waals surface area contributed by atoms with Crippen LogP contribution in [0.15, 0.2) is 24.3 Å². The summed E-state index contributed by atoms with van der Waals surface area (Å²) in [5.41, 5.74) is 0.769. The predicted octanol–water partition coefficient (Wildman–Crippen LogP) is 1.96. The van der Waals surface area contributed by atoms with Gasteiger partial charge in [-0.3, -0.25) is 10.1 Å². The molecule has 1 N–H and O–H groups in total. The van der Waals surface area contributed by atoms with Gasteiger partial charge in [0.15, 0.2) is 0 Å². The fraction of sp³-hybridized carbons (Fsp3) is 0.500. The zero-order chi connectivity index (χ0) is 12.3. The van der Waals surface area contributed by atoms with E-state index in [1.807, 2.05) is 6.07 Å². The van der Waals surface area contributed by atoms with E-state index in [9.17, 15) is 10.1 Å². The lowest BCUT2D eigenvalue weighted by Crippen LogP contribution is -2.19. The average Bonchev–Trinajstić information content (AvgIpc) is 2.73. The first-order chi connectivity index (χ1) is 8.16. The molecule has 1 fully saturated rings. The molecule has 0 radical (unpaired) electrons. The summed E-state index contributed by atoms with van der Waals surface area (Å²) in [5, 5.41) is 14.0. The van der Waals surface area contributed by atoms with Crippen molar-refractivity contribution in [3.05, 3.63) is 34.4 Å². The quantitative estimate of drug-likeness (QED) is 0.640. The Kier molecular flexibility index (Phi) is 3.58. The Bertz CT molecular complexity index is 408. The molecular formula is C12H17N3O2. The minimum atomic E-state index is -0.344. The van der Waals surface area contributed by atoms with Gasteiger partial charge >= 0.3 is 0 Å². The summed E-state index contributed by atoms with van der Waals surface area (Å²) in [7, 11) is 2.10. The van der Waals surface area contributed by atoms with Gasteiger partial charge in [-0.1, -0.05) is 12.1 Å². The van der Waals surface area contributed by atoms with E-state index in [4.69, 9.17) is 0 Å². The fourth-order valence-electron chi connectivity index (χ4n) is 2.23. The van der Waals surface area contributed by atoms with Gasteiger partial charge in [0.05, 0.1) is 4.92 Å². The molecule has 1 aliphatic heterocycles. The van der Waals surface area contributed by atoms with Crippen LogP contribution in [0.2, 0.25) is 0 Å². The maximum absolute atomic E-state index is 10.8. The number of hydrogen-bond acceptors (Lipinski definition) is 4. The van der Waals surface area contributed by atoms with Crippen molar-refractivity contribution in [2.75, 3.05) is 32.0 Å². The first-order valence-corrected chi connectivity index (χ1v) is 5.82. The van der Waals surface area contributed by atoms with E-state index >= 15 is 0 Å². The van der Waals surface area contributed by atoms with Gasteiger partial charge in [0.2, 0.25) is 0 Å². The Morgan fingerprint density at radius 1 is 1.53 bits per heavy atom. The first-order valence-electron chi connectivity index (χ1n) is 5.82. The lowest BCUT2D eigenvalue weighted by atomic mass is 10.1. The van der Waals surface area contributed by atoms with E-state index in [0.29, 0.717) is 11.6 Å².